The van der Waals surface area contributed by atoms with Gasteiger partial charge in [-0.15, -0.1) is 11.3 Å². The molecule has 10 nitrogen and oxygen atoms in total. The van der Waals surface area contributed by atoms with E-state index in [0.29, 0.717) is 34.7 Å². The number of anilines is 1. The number of carbonyl (C=O) groups excluding carboxylic acids is 2. The Labute approximate surface area is 249 Å². The molecule has 6 aromatic rings. The van der Waals surface area contributed by atoms with Crippen LogP contribution in [-0.2, 0) is 6.42 Å². The maximum absolute atomic E-state index is 13.0. The Hall–Kier alpha value is -5.42. The third-order valence-electron chi connectivity index (χ3n) is 7.72. The van der Waals surface area contributed by atoms with Crippen molar-refractivity contribution in [3.63, 3.8) is 0 Å². The zero-order valence-electron chi connectivity index (χ0n) is 23.0. The third kappa shape index (κ3) is 4.59. The minimum Gasteiger partial charge on any atom is -0.507 e. The predicted octanol–water partition coefficient (Wildman–Crippen LogP) is 5.43. The van der Waals surface area contributed by atoms with Crippen molar-refractivity contribution in [1.29, 1.82) is 0 Å². The molecule has 4 aromatic heterocycles. The molecule has 0 aliphatic heterocycles. The van der Waals surface area contributed by atoms with Crippen LogP contribution in [0.15, 0.2) is 72.4 Å². The van der Waals surface area contributed by atoms with Crippen LogP contribution >= 0.6 is 11.3 Å². The van der Waals surface area contributed by atoms with Crippen molar-refractivity contribution in [3.05, 3.63) is 100 Å². The molecule has 0 unspecified atom stereocenters. The van der Waals surface area contributed by atoms with Gasteiger partial charge in [0.15, 0.2) is 17.8 Å². The molecule has 7 rings (SSSR count). The minimum absolute atomic E-state index is 0.0728. The van der Waals surface area contributed by atoms with Gasteiger partial charge in [0.25, 0.3) is 5.91 Å². The number of nitrogens with zero attached hydrogens (tertiary/aromatic N) is 5. The topological polar surface area (TPSA) is 149 Å². The molecule has 0 radical (unpaired) electrons. The maximum atomic E-state index is 13.0. The first-order valence-corrected chi connectivity index (χ1v) is 14.5. The molecule has 0 fully saturated rings. The molecule has 1 atom stereocenters. The number of pyridine rings is 2. The third-order valence-corrected chi connectivity index (χ3v) is 8.52. The van der Waals surface area contributed by atoms with Gasteiger partial charge in [-0.05, 0) is 85.0 Å². The van der Waals surface area contributed by atoms with Crippen LogP contribution in [0.5, 0.6) is 5.75 Å². The number of aromatic nitrogens is 5. The van der Waals surface area contributed by atoms with Crippen molar-refractivity contribution >= 4 is 40.5 Å². The fourth-order valence-electron chi connectivity index (χ4n) is 5.62. The standard InChI is InChI=1S/C32H25N7O3S/c1-17-13-25(32-35-11-12-43-32)36-30-27(17)38-29(23-3-2-10-34-28(23)33)39(30)21-6-7-22-18(15-21)4-8-24(22)37-31(42)19-5-9-26(41)20(14-19)16-40/h2-3,5-7,9-16,24,41H,4,8H2,1H3,(H2,33,34)(H,37,42)/t24-/m0/s1. The molecule has 11 heteroatoms. The molecular weight excluding hydrogens is 562 g/mol. The number of imidazole rings is 1. The predicted molar refractivity (Wildman–Crippen MR) is 164 cm³/mol. The maximum Gasteiger partial charge on any atom is 0.251 e. The lowest BCUT2D eigenvalue weighted by Gasteiger charge is -2.16. The number of hydrogen-bond acceptors (Lipinski definition) is 9. The molecule has 0 saturated heterocycles. The summed E-state index contributed by atoms with van der Waals surface area (Å²) in [6.45, 7) is 2.01. The van der Waals surface area contributed by atoms with E-state index in [1.54, 1.807) is 12.4 Å². The first-order chi connectivity index (χ1) is 20.9. The summed E-state index contributed by atoms with van der Waals surface area (Å²) in [5.74, 6) is 0.531. The monoisotopic (exact) mass is 587 g/mol. The Morgan fingerprint density at radius 1 is 1.12 bits per heavy atom. The number of fused-ring (bicyclic) bond motifs is 2. The average Bonchev–Trinajstić information content (AvgIpc) is 3.77. The van der Waals surface area contributed by atoms with Gasteiger partial charge in [0.05, 0.1) is 17.2 Å². The van der Waals surface area contributed by atoms with E-state index in [4.69, 9.17) is 15.7 Å². The van der Waals surface area contributed by atoms with Gasteiger partial charge in [0.1, 0.15) is 27.8 Å². The number of thiazole rings is 1. The summed E-state index contributed by atoms with van der Waals surface area (Å²) in [6.07, 6.45) is 5.43. The Bertz CT molecular complexity index is 2050. The number of rotatable bonds is 6. The number of nitrogens with one attached hydrogen (secondary N) is 1. The van der Waals surface area contributed by atoms with Gasteiger partial charge < -0.3 is 16.2 Å². The molecule has 0 bridgehead atoms. The zero-order chi connectivity index (χ0) is 29.7. The summed E-state index contributed by atoms with van der Waals surface area (Å²) < 4.78 is 2.01. The lowest BCUT2D eigenvalue weighted by molar-refractivity contribution is 0.0936. The smallest absolute Gasteiger partial charge is 0.251 e. The highest BCUT2D eigenvalue weighted by Gasteiger charge is 2.27. The Balaban J connectivity index is 1.31. The average molecular weight is 588 g/mol. The lowest BCUT2D eigenvalue weighted by atomic mass is 10.1. The van der Waals surface area contributed by atoms with Crippen molar-refractivity contribution in [3.8, 4) is 33.5 Å². The number of benzene rings is 2. The van der Waals surface area contributed by atoms with E-state index in [-0.39, 0.29) is 23.3 Å². The zero-order valence-corrected chi connectivity index (χ0v) is 23.8. The number of phenolic OH excluding ortho intramolecular Hbond substituents is 1. The highest BCUT2D eigenvalue weighted by atomic mass is 32.1. The molecule has 43 heavy (non-hydrogen) atoms. The normalized spacial score (nSPS) is 14.1. The van der Waals surface area contributed by atoms with Gasteiger partial charge in [-0.1, -0.05) is 6.07 Å². The minimum atomic E-state index is -0.311. The van der Waals surface area contributed by atoms with Crippen molar-refractivity contribution in [2.45, 2.75) is 25.8 Å². The second kappa shape index (κ2) is 10.4. The number of amides is 1. The van der Waals surface area contributed by atoms with Crippen LogP contribution in [0.2, 0.25) is 0 Å². The van der Waals surface area contributed by atoms with E-state index in [1.165, 1.54) is 29.5 Å². The SMILES string of the molecule is Cc1cc(-c2nccs2)nc2c1nc(-c1cccnc1N)n2-c1ccc2c(c1)CC[C@@H]2NC(=O)c1ccc(O)c(C=O)c1. The number of carbonyl (C=O) groups is 2. The summed E-state index contributed by atoms with van der Waals surface area (Å²) in [5, 5.41) is 15.6. The van der Waals surface area contributed by atoms with Gasteiger partial charge in [-0.2, -0.15) is 0 Å². The first kappa shape index (κ1) is 26.5. The summed E-state index contributed by atoms with van der Waals surface area (Å²) in [5.41, 5.74) is 13.6. The molecule has 0 spiro atoms. The van der Waals surface area contributed by atoms with Crippen molar-refractivity contribution in [2.75, 3.05) is 5.73 Å². The molecule has 1 amide bonds. The molecule has 212 valence electrons. The largest absolute Gasteiger partial charge is 0.507 e. The van der Waals surface area contributed by atoms with Crippen LogP contribution in [0.3, 0.4) is 0 Å². The fourth-order valence-corrected chi connectivity index (χ4v) is 6.21. The number of hydrogen-bond donors (Lipinski definition) is 3. The molecule has 4 N–H and O–H groups in total. The number of aryl methyl sites for hydroxylation is 2. The highest BCUT2D eigenvalue weighted by molar-refractivity contribution is 7.13. The Morgan fingerprint density at radius 2 is 2.00 bits per heavy atom. The van der Waals surface area contributed by atoms with Crippen LogP contribution in [0, 0.1) is 6.92 Å². The Morgan fingerprint density at radius 3 is 2.79 bits per heavy atom. The van der Waals surface area contributed by atoms with E-state index < -0.39 is 0 Å². The highest BCUT2D eigenvalue weighted by Crippen LogP contribution is 2.37. The van der Waals surface area contributed by atoms with Gasteiger partial charge in [-0.3, -0.25) is 14.2 Å². The van der Waals surface area contributed by atoms with Crippen LogP contribution in [0.4, 0.5) is 5.82 Å². The van der Waals surface area contributed by atoms with E-state index >= 15 is 0 Å². The summed E-state index contributed by atoms with van der Waals surface area (Å²) in [4.78, 5) is 43.1. The summed E-state index contributed by atoms with van der Waals surface area (Å²) in [6, 6.07) is 15.9. The van der Waals surface area contributed by atoms with E-state index in [1.807, 2.05) is 47.2 Å². The molecule has 1 aliphatic rings. The quantitative estimate of drug-likeness (QED) is 0.218. The van der Waals surface area contributed by atoms with Gasteiger partial charge in [0, 0.05) is 29.0 Å². The van der Waals surface area contributed by atoms with Crippen molar-refractivity contribution in [2.24, 2.45) is 0 Å². The molecule has 1 aliphatic carbocycles. The van der Waals surface area contributed by atoms with Gasteiger partial charge in [-0.25, -0.2) is 19.9 Å². The van der Waals surface area contributed by atoms with Crippen molar-refractivity contribution in [1.82, 2.24) is 29.8 Å². The van der Waals surface area contributed by atoms with Crippen LogP contribution in [0.1, 0.15) is 49.9 Å². The number of nitrogen functional groups attached to an aromatic ring is 1. The second-order valence-electron chi connectivity index (χ2n) is 10.4. The lowest BCUT2D eigenvalue weighted by Crippen LogP contribution is -2.27. The number of aldehydes is 1. The van der Waals surface area contributed by atoms with Gasteiger partial charge in [0.2, 0.25) is 0 Å². The fraction of sp³-hybridized carbons (Fsp3) is 0.125. The van der Waals surface area contributed by atoms with Gasteiger partial charge >= 0.3 is 0 Å². The Kier molecular flexibility index (Phi) is 6.43. The van der Waals surface area contributed by atoms with E-state index in [9.17, 15) is 14.7 Å². The summed E-state index contributed by atoms with van der Waals surface area (Å²) in [7, 11) is 0. The summed E-state index contributed by atoms with van der Waals surface area (Å²) >= 11 is 1.53. The molecule has 2 aromatic carbocycles. The molecule has 0 saturated carbocycles. The number of nitrogens with two attached hydrogens (primary N) is 1. The van der Waals surface area contributed by atoms with Crippen LogP contribution < -0.4 is 11.1 Å². The molecule has 4 heterocycles. The first-order valence-electron chi connectivity index (χ1n) is 13.6. The van der Waals surface area contributed by atoms with E-state index in [2.05, 4.69) is 21.4 Å². The van der Waals surface area contributed by atoms with Crippen molar-refractivity contribution < 1.29 is 14.7 Å². The number of aromatic hydroxyl groups is 1. The molecular formula is C32H25N7O3S. The number of phenols is 1. The van der Waals surface area contributed by atoms with Crippen LogP contribution in [-0.4, -0.2) is 41.8 Å². The van der Waals surface area contributed by atoms with Crippen LogP contribution in [0.25, 0.3) is 38.9 Å². The second-order valence-corrected chi connectivity index (χ2v) is 11.3. The van der Waals surface area contributed by atoms with E-state index in [0.717, 1.165) is 51.4 Å².